The fourth-order valence-corrected chi connectivity index (χ4v) is 3.46. The molecular formula is C19H34N4O5. The first-order chi connectivity index (χ1) is 13.2. The van der Waals surface area contributed by atoms with Crippen molar-refractivity contribution in [2.24, 2.45) is 17.6 Å². The van der Waals surface area contributed by atoms with Crippen LogP contribution in [0.3, 0.4) is 0 Å². The molecule has 1 aliphatic carbocycles. The van der Waals surface area contributed by atoms with E-state index in [1.807, 2.05) is 0 Å². The summed E-state index contributed by atoms with van der Waals surface area (Å²) in [6.45, 7) is 3.80. The molecule has 1 rings (SSSR count). The van der Waals surface area contributed by atoms with Gasteiger partial charge in [-0.3, -0.25) is 14.4 Å². The highest BCUT2D eigenvalue weighted by atomic mass is 16.4. The van der Waals surface area contributed by atoms with Gasteiger partial charge in [0.2, 0.25) is 17.7 Å². The number of hydrogen-bond donors (Lipinski definition) is 5. The van der Waals surface area contributed by atoms with Crippen molar-refractivity contribution in [1.29, 1.82) is 0 Å². The Labute approximate surface area is 166 Å². The molecule has 0 aromatic rings. The zero-order chi connectivity index (χ0) is 21.1. The molecule has 3 atom stereocenters. The van der Waals surface area contributed by atoms with Crippen LogP contribution >= 0.6 is 0 Å². The summed E-state index contributed by atoms with van der Waals surface area (Å²) < 4.78 is 0. The van der Waals surface area contributed by atoms with Crippen LogP contribution in [-0.4, -0.2) is 47.5 Å². The first-order valence-electron chi connectivity index (χ1n) is 10.1. The van der Waals surface area contributed by atoms with Crippen molar-refractivity contribution < 1.29 is 24.3 Å². The minimum Gasteiger partial charge on any atom is -0.465 e. The summed E-state index contributed by atoms with van der Waals surface area (Å²) >= 11 is 0. The third-order valence-electron chi connectivity index (χ3n) is 5.14. The normalized spacial score (nSPS) is 17.4. The number of carbonyl (C=O) groups is 4. The number of hydrogen-bond acceptors (Lipinski definition) is 4. The Hall–Kier alpha value is -2.32. The van der Waals surface area contributed by atoms with Crippen molar-refractivity contribution in [2.75, 3.05) is 6.54 Å². The van der Waals surface area contributed by atoms with Crippen LogP contribution in [0.1, 0.15) is 65.2 Å². The van der Waals surface area contributed by atoms with Crippen molar-refractivity contribution in [2.45, 2.75) is 77.3 Å². The molecule has 0 bridgehead atoms. The number of unbranched alkanes of at least 4 members (excludes halogenated alkanes) is 1. The van der Waals surface area contributed by atoms with Crippen molar-refractivity contribution in [3.05, 3.63) is 0 Å². The minimum atomic E-state index is -1.08. The molecule has 1 saturated carbocycles. The average Bonchev–Trinajstić information content (AvgIpc) is 3.14. The van der Waals surface area contributed by atoms with Crippen LogP contribution in [0.5, 0.6) is 0 Å². The molecule has 160 valence electrons. The second kappa shape index (κ2) is 12.2. The number of rotatable bonds is 12. The van der Waals surface area contributed by atoms with E-state index < -0.39 is 18.0 Å². The fraction of sp³-hybridized carbons (Fsp3) is 0.789. The van der Waals surface area contributed by atoms with E-state index in [0.717, 1.165) is 25.7 Å². The van der Waals surface area contributed by atoms with Crippen LogP contribution < -0.4 is 21.7 Å². The van der Waals surface area contributed by atoms with Gasteiger partial charge in [-0.05, 0) is 45.4 Å². The van der Waals surface area contributed by atoms with Crippen molar-refractivity contribution >= 4 is 23.8 Å². The van der Waals surface area contributed by atoms with Gasteiger partial charge >= 0.3 is 6.09 Å². The Balaban J connectivity index is 2.58. The summed E-state index contributed by atoms with van der Waals surface area (Å²) in [5.74, 6) is -1.21. The predicted molar refractivity (Wildman–Crippen MR) is 104 cm³/mol. The summed E-state index contributed by atoms with van der Waals surface area (Å²) in [4.78, 5) is 46.8. The van der Waals surface area contributed by atoms with Crippen LogP contribution in [0.15, 0.2) is 0 Å². The van der Waals surface area contributed by atoms with Crippen LogP contribution in [-0.2, 0) is 14.4 Å². The lowest BCUT2D eigenvalue weighted by atomic mass is 10.0. The van der Waals surface area contributed by atoms with E-state index in [2.05, 4.69) is 16.0 Å². The SMILES string of the molecule is C[C@@H](C[C@H](C)C(N)=O)NC(=O)[C@H](CCCCNC(=O)O)NC(=O)C1CCCC1. The maximum atomic E-state index is 12.7. The molecule has 0 aromatic carbocycles. The molecule has 28 heavy (non-hydrogen) atoms. The lowest BCUT2D eigenvalue weighted by Gasteiger charge is -2.23. The maximum absolute atomic E-state index is 12.7. The first kappa shape index (κ1) is 23.7. The average molecular weight is 399 g/mol. The quantitative estimate of drug-likeness (QED) is 0.312. The monoisotopic (exact) mass is 398 g/mol. The Kier molecular flexibility index (Phi) is 10.3. The molecule has 0 unspecified atom stereocenters. The van der Waals surface area contributed by atoms with Crippen LogP contribution in [0.25, 0.3) is 0 Å². The van der Waals surface area contributed by atoms with E-state index >= 15 is 0 Å². The molecule has 0 spiro atoms. The van der Waals surface area contributed by atoms with Gasteiger partial charge in [-0.1, -0.05) is 19.8 Å². The van der Waals surface area contributed by atoms with Gasteiger partial charge in [-0.2, -0.15) is 0 Å². The van der Waals surface area contributed by atoms with E-state index in [1.165, 1.54) is 0 Å². The molecule has 6 N–H and O–H groups in total. The van der Waals surface area contributed by atoms with Gasteiger partial charge in [-0.25, -0.2) is 4.79 Å². The van der Waals surface area contributed by atoms with Gasteiger partial charge in [0.1, 0.15) is 6.04 Å². The molecule has 1 aliphatic rings. The minimum absolute atomic E-state index is 0.0451. The Morgan fingerprint density at radius 3 is 2.29 bits per heavy atom. The molecule has 0 radical (unpaired) electrons. The van der Waals surface area contributed by atoms with Crippen LogP contribution in [0.2, 0.25) is 0 Å². The second-order valence-corrected chi connectivity index (χ2v) is 7.72. The highest BCUT2D eigenvalue weighted by Gasteiger charge is 2.28. The van der Waals surface area contributed by atoms with E-state index in [9.17, 15) is 19.2 Å². The highest BCUT2D eigenvalue weighted by Crippen LogP contribution is 2.25. The van der Waals surface area contributed by atoms with Gasteiger partial charge in [0, 0.05) is 24.4 Å². The standard InChI is InChI=1S/C19H34N4O5/c1-12(16(20)24)11-13(2)22-18(26)15(9-5-6-10-21-19(27)28)23-17(25)14-7-3-4-8-14/h12-15,21H,3-11H2,1-2H3,(H2,20,24)(H,22,26)(H,23,25)(H,27,28)/t12-,13-,15-/m0/s1. The van der Waals surface area contributed by atoms with E-state index in [0.29, 0.717) is 32.2 Å². The van der Waals surface area contributed by atoms with Crippen molar-refractivity contribution in [3.8, 4) is 0 Å². The Morgan fingerprint density at radius 2 is 1.71 bits per heavy atom. The zero-order valence-corrected chi connectivity index (χ0v) is 16.8. The molecule has 0 heterocycles. The Morgan fingerprint density at radius 1 is 1.07 bits per heavy atom. The Bertz CT molecular complexity index is 548. The summed E-state index contributed by atoms with van der Waals surface area (Å²) in [7, 11) is 0. The van der Waals surface area contributed by atoms with Crippen LogP contribution in [0.4, 0.5) is 4.79 Å². The topological polar surface area (TPSA) is 151 Å². The second-order valence-electron chi connectivity index (χ2n) is 7.72. The number of amides is 4. The summed E-state index contributed by atoms with van der Waals surface area (Å²) in [5.41, 5.74) is 5.27. The number of carboxylic acid groups (broad SMARTS) is 1. The molecule has 0 aliphatic heterocycles. The largest absolute Gasteiger partial charge is 0.465 e. The van der Waals surface area contributed by atoms with Crippen molar-refractivity contribution in [1.82, 2.24) is 16.0 Å². The summed E-state index contributed by atoms with van der Waals surface area (Å²) in [6.07, 6.45) is 4.66. The van der Waals surface area contributed by atoms with E-state index in [-0.39, 0.29) is 29.7 Å². The van der Waals surface area contributed by atoms with E-state index in [4.69, 9.17) is 10.8 Å². The molecule has 0 aromatic heterocycles. The van der Waals surface area contributed by atoms with Gasteiger partial charge in [0.15, 0.2) is 0 Å². The van der Waals surface area contributed by atoms with Gasteiger partial charge < -0.3 is 26.8 Å². The number of nitrogens with two attached hydrogens (primary N) is 1. The van der Waals surface area contributed by atoms with E-state index in [1.54, 1.807) is 13.8 Å². The first-order valence-corrected chi connectivity index (χ1v) is 10.1. The molecule has 0 saturated heterocycles. The van der Waals surface area contributed by atoms with Gasteiger partial charge in [0.05, 0.1) is 0 Å². The molecule has 4 amide bonds. The van der Waals surface area contributed by atoms with Crippen molar-refractivity contribution in [3.63, 3.8) is 0 Å². The van der Waals surface area contributed by atoms with Gasteiger partial charge in [-0.15, -0.1) is 0 Å². The predicted octanol–water partition coefficient (Wildman–Crippen LogP) is 1.12. The third-order valence-corrected chi connectivity index (χ3v) is 5.14. The van der Waals surface area contributed by atoms with Gasteiger partial charge in [0.25, 0.3) is 0 Å². The molecule has 9 nitrogen and oxygen atoms in total. The number of carbonyl (C=O) groups excluding carboxylic acids is 3. The molecule has 1 fully saturated rings. The van der Waals surface area contributed by atoms with Crippen LogP contribution in [0, 0.1) is 11.8 Å². The summed E-state index contributed by atoms with van der Waals surface area (Å²) in [6, 6.07) is -0.932. The molecule has 9 heteroatoms. The number of primary amides is 1. The third kappa shape index (κ3) is 9.05. The maximum Gasteiger partial charge on any atom is 0.404 e. The summed E-state index contributed by atoms with van der Waals surface area (Å²) in [5, 5.41) is 16.6. The zero-order valence-electron chi connectivity index (χ0n) is 16.8. The highest BCUT2D eigenvalue weighted by molar-refractivity contribution is 5.88. The fourth-order valence-electron chi connectivity index (χ4n) is 3.46. The smallest absolute Gasteiger partial charge is 0.404 e. The molecular weight excluding hydrogens is 364 g/mol. The lowest BCUT2D eigenvalue weighted by molar-refractivity contribution is -0.131. The lowest BCUT2D eigenvalue weighted by Crippen LogP contribution is -2.50. The number of nitrogens with one attached hydrogen (secondary N) is 3.